The Hall–Kier alpha value is -3.42. The quantitative estimate of drug-likeness (QED) is 0.786. The smallest absolute Gasteiger partial charge is 0.262 e. The lowest BCUT2D eigenvalue weighted by atomic mass is 10.1. The van der Waals surface area contributed by atoms with Crippen molar-refractivity contribution in [3.8, 4) is 17.2 Å². The standard InChI is InChI=1S/C20H23N3O5/c1-21-20(25)18-11-23(15-6-4-5-7-16(15)28-18)12-19(24)22-14-9-8-13(26-2)10-17(14)27-3/h4-10,18H,11-12H2,1-3H3,(H,21,25)(H,22,24)/t18-/m0/s1. The first-order valence-corrected chi connectivity index (χ1v) is 8.79. The number of amides is 2. The lowest BCUT2D eigenvalue weighted by Crippen LogP contribution is -2.50. The number of benzene rings is 2. The number of methoxy groups -OCH3 is 2. The largest absolute Gasteiger partial charge is 0.497 e. The van der Waals surface area contributed by atoms with E-state index >= 15 is 0 Å². The fraction of sp³-hybridized carbons (Fsp3) is 0.300. The van der Waals surface area contributed by atoms with Crippen LogP contribution in [0.1, 0.15) is 0 Å². The van der Waals surface area contributed by atoms with Crippen LogP contribution in [-0.4, -0.2) is 52.3 Å². The molecule has 1 atom stereocenters. The van der Waals surface area contributed by atoms with Gasteiger partial charge in [0.15, 0.2) is 6.10 Å². The van der Waals surface area contributed by atoms with Gasteiger partial charge in [-0.25, -0.2) is 0 Å². The molecule has 0 aliphatic carbocycles. The van der Waals surface area contributed by atoms with Gasteiger partial charge < -0.3 is 29.7 Å². The van der Waals surface area contributed by atoms with E-state index in [1.54, 1.807) is 38.4 Å². The van der Waals surface area contributed by atoms with E-state index in [2.05, 4.69) is 10.6 Å². The molecule has 0 fully saturated rings. The summed E-state index contributed by atoms with van der Waals surface area (Å²) in [6.45, 7) is 0.326. The highest BCUT2D eigenvalue weighted by molar-refractivity contribution is 5.96. The van der Waals surface area contributed by atoms with Gasteiger partial charge in [-0.05, 0) is 24.3 Å². The average Bonchev–Trinajstić information content (AvgIpc) is 2.73. The van der Waals surface area contributed by atoms with E-state index in [9.17, 15) is 9.59 Å². The molecule has 2 aromatic rings. The normalized spacial score (nSPS) is 15.1. The Morgan fingerprint density at radius 1 is 1.18 bits per heavy atom. The number of para-hydroxylation sites is 2. The Balaban J connectivity index is 1.77. The molecule has 8 heteroatoms. The van der Waals surface area contributed by atoms with Crippen LogP contribution in [0, 0.1) is 0 Å². The van der Waals surface area contributed by atoms with E-state index in [-0.39, 0.29) is 24.9 Å². The number of nitrogens with one attached hydrogen (secondary N) is 2. The minimum Gasteiger partial charge on any atom is -0.497 e. The summed E-state index contributed by atoms with van der Waals surface area (Å²) in [7, 11) is 4.64. The molecule has 1 heterocycles. The maximum absolute atomic E-state index is 12.7. The fourth-order valence-corrected chi connectivity index (χ4v) is 3.02. The Kier molecular flexibility index (Phi) is 5.88. The highest BCUT2D eigenvalue weighted by Gasteiger charge is 2.31. The van der Waals surface area contributed by atoms with Crippen molar-refractivity contribution < 1.29 is 23.8 Å². The minimum absolute atomic E-state index is 0.0586. The van der Waals surface area contributed by atoms with Gasteiger partial charge in [-0.15, -0.1) is 0 Å². The summed E-state index contributed by atoms with van der Waals surface area (Å²) in [5.74, 6) is 1.22. The van der Waals surface area contributed by atoms with Crippen LogP contribution in [0.5, 0.6) is 17.2 Å². The van der Waals surface area contributed by atoms with Crippen molar-refractivity contribution in [1.82, 2.24) is 5.32 Å². The van der Waals surface area contributed by atoms with Crippen LogP contribution in [0.15, 0.2) is 42.5 Å². The summed E-state index contributed by atoms with van der Waals surface area (Å²) in [5.41, 5.74) is 1.30. The van der Waals surface area contributed by atoms with Gasteiger partial charge >= 0.3 is 0 Å². The molecule has 0 unspecified atom stereocenters. The summed E-state index contributed by atoms with van der Waals surface area (Å²) in [4.78, 5) is 26.6. The Morgan fingerprint density at radius 3 is 2.68 bits per heavy atom. The van der Waals surface area contributed by atoms with Gasteiger partial charge in [0, 0.05) is 13.1 Å². The molecule has 1 aliphatic heterocycles. The van der Waals surface area contributed by atoms with E-state index in [0.29, 0.717) is 22.9 Å². The third-order valence-electron chi connectivity index (χ3n) is 4.42. The molecule has 0 saturated carbocycles. The van der Waals surface area contributed by atoms with E-state index in [0.717, 1.165) is 5.69 Å². The van der Waals surface area contributed by atoms with Crippen LogP contribution in [-0.2, 0) is 9.59 Å². The van der Waals surface area contributed by atoms with Gasteiger partial charge in [-0.2, -0.15) is 0 Å². The number of likely N-dealkylation sites (N-methyl/N-ethyl adjacent to an activating group) is 1. The van der Waals surface area contributed by atoms with Crippen molar-refractivity contribution in [2.45, 2.75) is 6.10 Å². The lowest BCUT2D eigenvalue weighted by molar-refractivity contribution is -0.127. The molecule has 0 spiro atoms. The molecule has 148 valence electrons. The van der Waals surface area contributed by atoms with E-state index in [4.69, 9.17) is 14.2 Å². The minimum atomic E-state index is -0.691. The number of carbonyl (C=O) groups is 2. The van der Waals surface area contributed by atoms with Gasteiger partial charge in [0.1, 0.15) is 17.2 Å². The number of hydrogen-bond donors (Lipinski definition) is 2. The monoisotopic (exact) mass is 385 g/mol. The van der Waals surface area contributed by atoms with Crippen molar-refractivity contribution in [2.75, 3.05) is 44.6 Å². The first-order chi connectivity index (χ1) is 13.5. The zero-order chi connectivity index (χ0) is 20.1. The molecule has 0 bridgehead atoms. The van der Waals surface area contributed by atoms with Gasteiger partial charge in [-0.3, -0.25) is 9.59 Å². The first-order valence-electron chi connectivity index (χ1n) is 8.79. The number of anilines is 2. The average molecular weight is 385 g/mol. The summed E-state index contributed by atoms with van der Waals surface area (Å²) < 4.78 is 16.2. The molecule has 28 heavy (non-hydrogen) atoms. The number of fused-ring (bicyclic) bond motifs is 1. The van der Waals surface area contributed by atoms with Crippen molar-refractivity contribution in [3.63, 3.8) is 0 Å². The highest BCUT2D eigenvalue weighted by Crippen LogP contribution is 2.33. The summed E-state index contributed by atoms with van der Waals surface area (Å²) in [6, 6.07) is 12.5. The van der Waals surface area contributed by atoms with Gasteiger partial charge in [-0.1, -0.05) is 12.1 Å². The van der Waals surface area contributed by atoms with Gasteiger partial charge in [0.25, 0.3) is 5.91 Å². The first kappa shape index (κ1) is 19.3. The Bertz CT molecular complexity index is 871. The molecule has 1 aliphatic rings. The molecule has 8 nitrogen and oxygen atoms in total. The lowest BCUT2D eigenvalue weighted by Gasteiger charge is -2.35. The van der Waals surface area contributed by atoms with Crippen LogP contribution in [0.4, 0.5) is 11.4 Å². The third-order valence-corrected chi connectivity index (χ3v) is 4.42. The molecular formula is C20H23N3O5. The van der Waals surface area contributed by atoms with Crippen LogP contribution in [0.2, 0.25) is 0 Å². The van der Waals surface area contributed by atoms with Gasteiger partial charge in [0.2, 0.25) is 5.91 Å². The summed E-state index contributed by atoms with van der Waals surface area (Å²) >= 11 is 0. The summed E-state index contributed by atoms with van der Waals surface area (Å²) in [6.07, 6.45) is -0.691. The Labute approximate surface area is 163 Å². The molecule has 3 rings (SSSR count). The van der Waals surface area contributed by atoms with Crippen LogP contribution in [0.3, 0.4) is 0 Å². The van der Waals surface area contributed by atoms with Crippen LogP contribution < -0.4 is 29.7 Å². The highest BCUT2D eigenvalue weighted by atomic mass is 16.5. The van der Waals surface area contributed by atoms with Crippen LogP contribution in [0.25, 0.3) is 0 Å². The van der Waals surface area contributed by atoms with Crippen LogP contribution >= 0.6 is 0 Å². The van der Waals surface area contributed by atoms with E-state index in [1.807, 2.05) is 23.1 Å². The molecule has 2 amide bonds. The fourth-order valence-electron chi connectivity index (χ4n) is 3.02. The second kappa shape index (κ2) is 8.51. The number of ether oxygens (including phenoxy) is 3. The Morgan fingerprint density at radius 2 is 1.96 bits per heavy atom. The van der Waals surface area contributed by atoms with E-state index in [1.165, 1.54) is 7.11 Å². The predicted molar refractivity (Wildman–Crippen MR) is 105 cm³/mol. The number of hydrogen-bond acceptors (Lipinski definition) is 6. The van der Waals surface area contributed by atoms with E-state index < -0.39 is 6.10 Å². The zero-order valence-corrected chi connectivity index (χ0v) is 16.0. The maximum atomic E-state index is 12.7. The molecule has 0 saturated heterocycles. The second-order valence-corrected chi connectivity index (χ2v) is 6.18. The molecule has 2 aromatic carbocycles. The SMILES string of the molecule is CNC(=O)[C@@H]1CN(CC(=O)Nc2ccc(OC)cc2OC)c2ccccc2O1. The maximum Gasteiger partial charge on any atom is 0.262 e. The van der Waals surface area contributed by atoms with Gasteiger partial charge in [0.05, 0.1) is 38.7 Å². The third kappa shape index (κ3) is 4.11. The number of carbonyl (C=O) groups excluding carboxylic acids is 2. The number of nitrogens with zero attached hydrogens (tertiary/aromatic N) is 1. The van der Waals surface area contributed by atoms with Crippen molar-refractivity contribution >= 4 is 23.2 Å². The van der Waals surface area contributed by atoms with Crippen molar-refractivity contribution in [3.05, 3.63) is 42.5 Å². The molecule has 0 aromatic heterocycles. The number of rotatable bonds is 6. The topological polar surface area (TPSA) is 89.1 Å². The van der Waals surface area contributed by atoms with Crippen molar-refractivity contribution in [2.24, 2.45) is 0 Å². The zero-order valence-electron chi connectivity index (χ0n) is 16.0. The summed E-state index contributed by atoms with van der Waals surface area (Å²) in [5, 5.41) is 5.43. The molecule has 0 radical (unpaired) electrons. The molecule has 2 N–H and O–H groups in total. The predicted octanol–water partition coefficient (Wildman–Crippen LogP) is 1.66. The second-order valence-electron chi connectivity index (χ2n) is 6.18. The molecular weight excluding hydrogens is 362 g/mol. The van der Waals surface area contributed by atoms with Crippen molar-refractivity contribution in [1.29, 1.82) is 0 Å².